The molecule has 5 nitrogen and oxygen atoms in total. The Morgan fingerprint density at radius 2 is 2.26 bits per heavy atom. The Hall–Kier alpha value is -1.17. The lowest BCUT2D eigenvalue weighted by Gasteiger charge is -2.18. The number of benzene rings is 1. The van der Waals surface area contributed by atoms with Gasteiger partial charge >= 0.3 is 0 Å². The molecule has 0 bridgehead atoms. The van der Waals surface area contributed by atoms with Crippen LogP contribution in [0.4, 0.5) is 5.69 Å². The lowest BCUT2D eigenvalue weighted by Crippen LogP contribution is -2.25. The van der Waals surface area contributed by atoms with Gasteiger partial charge in [0.1, 0.15) is 0 Å². The van der Waals surface area contributed by atoms with Crippen molar-refractivity contribution in [1.82, 2.24) is 0 Å². The summed E-state index contributed by atoms with van der Waals surface area (Å²) in [6.45, 7) is 1.01. The summed E-state index contributed by atoms with van der Waals surface area (Å²) in [6.07, 6.45) is 3.44. The first-order chi connectivity index (χ1) is 9.11. The fourth-order valence-electron chi connectivity index (χ4n) is 2.46. The third kappa shape index (κ3) is 3.43. The van der Waals surface area contributed by atoms with Crippen LogP contribution in [0.15, 0.2) is 18.2 Å². The molecule has 1 aliphatic carbocycles. The molecule has 19 heavy (non-hydrogen) atoms. The van der Waals surface area contributed by atoms with E-state index in [9.17, 15) is 10.1 Å². The fraction of sp³-hybridized carbons (Fsp3) is 0.538. The summed E-state index contributed by atoms with van der Waals surface area (Å²) in [6, 6.07) is 4.45. The Labute approximate surface area is 116 Å². The Bertz CT molecular complexity index is 467. The van der Waals surface area contributed by atoms with Crippen LogP contribution < -0.4 is 5.73 Å². The molecule has 2 unspecified atom stereocenters. The highest BCUT2D eigenvalue weighted by Crippen LogP contribution is 2.29. The monoisotopic (exact) mass is 284 g/mol. The molecular weight excluding hydrogens is 268 g/mol. The molecule has 0 aliphatic heterocycles. The Morgan fingerprint density at radius 3 is 2.89 bits per heavy atom. The fourth-order valence-corrected chi connectivity index (χ4v) is 2.68. The number of ether oxygens (including phenoxy) is 1. The van der Waals surface area contributed by atoms with Crippen molar-refractivity contribution in [2.45, 2.75) is 32.0 Å². The van der Waals surface area contributed by atoms with Crippen LogP contribution in [0.2, 0.25) is 5.02 Å². The summed E-state index contributed by atoms with van der Waals surface area (Å²) in [5.41, 5.74) is 6.46. The number of nitrogens with zero attached hydrogens (tertiary/aromatic N) is 1. The second kappa shape index (κ2) is 6.32. The zero-order valence-corrected chi connectivity index (χ0v) is 11.3. The molecule has 2 N–H and O–H groups in total. The molecule has 1 fully saturated rings. The van der Waals surface area contributed by atoms with Crippen LogP contribution in [-0.4, -0.2) is 17.6 Å². The van der Waals surface area contributed by atoms with E-state index in [0.717, 1.165) is 24.8 Å². The number of halogens is 1. The van der Waals surface area contributed by atoms with Crippen molar-refractivity contribution < 1.29 is 9.66 Å². The molecule has 1 saturated carbocycles. The van der Waals surface area contributed by atoms with Crippen molar-refractivity contribution in [3.05, 3.63) is 38.9 Å². The van der Waals surface area contributed by atoms with Crippen molar-refractivity contribution >= 4 is 17.3 Å². The van der Waals surface area contributed by atoms with E-state index < -0.39 is 4.92 Å². The summed E-state index contributed by atoms with van der Waals surface area (Å²) in [4.78, 5) is 10.2. The van der Waals surface area contributed by atoms with Crippen molar-refractivity contribution in [3.8, 4) is 0 Å². The smallest absolute Gasteiger partial charge is 0.270 e. The zero-order chi connectivity index (χ0) is 13.8. The van der Waals surface area contributed by atoms with Crippen molar-refractivity contribution in [1.29, 1.82) is 0 Å². The minimum Gasteiger partial charge on any atom is -0.373 e. The van der Waals surface area contributed by atoms with Crippen molar-refractivity contribution in [2.24, 2.45) is 11.7 Å². The molecule has 0 heterocycles. The number of hydrogen-bond donors (Lipinski definition) is 1. The lowest BCUT2D eigenvalue weighted by atomic mass is 10.1. The van der Waals surface area contributed by atoms with Gasteiger partial charge in [0, 0.05) is 12.1 Å². The largest absolute Gasteiger partial charge is 0.373 e. The normalized spacial score (nSPS) is 22.6. The van der Waals surface area contributed by atoms with Crippen LogP contribution in [0.1, 0.15) is 24.8 Å². The van der Waals surface area contributed by atoms with E-state index >= 15 is 0 Å². The number of nitrogens with two attached hydrogens (primary N) is 1. The van der Waals surface area contributed by atoms with E-state index in [2.05, 4.69) is 0 Å². The maximum absolute atomic E-state index is 10.6. The maximum atomic E-state index is 10.6. The summed E-state index contributed by atoms with van der Waals surface area (Å²) in [5, 5.41) is 11.0. The van der Waals surface area contributed by atoms with Gasteiger partial charge < -0.3 is 10.5 Å². The second-order valence-electron chi connectivity index (χ2n) is 4.81. The minimum atomic E-state index is -0.460. The molecule has 2 rings (SSSR count). The summed E-state index contributed by atoms with van der Waals surface area (Å²) < 4.78 is 5.84. The summed E-state index contributed by atoms with van der Waals surface area (Å²) >= 11 is 6.02. The molecule has 0 aromatic heterocycles. The predicted molar refractivity (Wildman–Crippen MR) is 73.1 cm³/mol. The first-order valence-electron chi connectivity index (χ1n) is 6.36. The van der Waals surface area contributed by atoms with Crippen molar-refractivity contribution in [2.75, 3.05) is 6.54 Å². The molecule has 104 valence electrons. The number of hydrogen-bond acceptors (Lipinski definition) is 4. The average Bonchev–Trinajstić information content (AvgIpc) is 2.84. The van der Waals surface area contributed by atoms with E-state index in [1.165, 1.54) is 12.1 Å². The molecule has 6 heteroatoms. The van der Waals surface area contributed by atoms with Gasteiger partial charge in [-0.2, -0.15) is 0 Å². The summed E-state index contributed by atoms with van der Waals surface area (Å²) in [5.74, 6) is 0.414. The third-order valence-corrected chi connectivity index (χ3v) is 3.94. The van der Waals surface area contributed by atoms with Gasteiger partial charge in [0.15, 0.2) is 0 Å². The molecule has 0 amide bonds. The maximum Gasteiger partial charge on any atom is 0.270 e. The van der Waals surface area contributed by atoms with Gasteiger partial charge in [-0.3, -0.25) is 10.1 Å². The lowest BCUT2D eigenvalue weighted by molar-refractivity contribution is -0.384. The SMILES string of the molecule is NCC1CCCC1OCc1ccc([N+](=O)[O-])cc1Cl. The van der Waals surface area contributed by atoms with Crippen LogP contribution in [0.25, 0.3) is 0 Å². The van der Waals surface area contributed by atoms with Gasteiger partial charge in [-0.25, -0.2) is 0 Å². The number of nitro benzene ring substituents is 1. The highest BCUT2D eigenvalue weighted by molar-refractivity contribution is 6.31. The van der Waals surface area contributed by atoms with Crippen LogP contribution in [0.3, 0.4) is 0 Å². The number of non-ortho nitro benzene ring substituents is 1. The molecule has 2 atom stereocenters. The van der Waals surface area contributed by atoms with E-state index in [-0.39, 0.29) is 11.8 Å². The minimum absolute atomic E-state index is 0.00514. The molecule has 1 aromatic rings. The van der Waals surface area contributed by atoms with E-state index in [4.69, 9.17) is 22.1 Å². The second-order valence-corrected chi connectivity index (χ2v) is 5.22. The van der Waals surface area contributed by atoms with Gasteiger partial charge in [0.05, 0.1) is 22.7 Å². The van der Waals surface area contributed by atoms with Gasteiger partial charge in [0.25, 0.3) is 5.69 Å². The van der Waals surface area contributed by atoms with E-state index in [1.807, 2.05) is 0 Å². The molecule has 1 aromatic carbocycles. The molecule has 1 aliphatic rings. The van der Waals surface area contributed by atoms with E-state index in [1.54, 1.807) is 6.07 Å². The average molecular weight is 285 g/mol. The van der Waals surface area contributed by atoms with Crippen LogP contribution in [0.5, 0.6) is 0 Å². The zero-order valence-electron chi connectivity index (χ0n) is 10.5. The van der Waals surface area contributed by atoms with Gasteiger partial charge in [-0.05, 0) is 36.9 Å². The first kappa shape index (κ1) is 14.2. The van der Waals surface area contributed by atoms with Gasteiger partial charge in [0.2, 0.25) is 0 Å². The van der Waals surface area contributed by atoms with Crippen LogP contribution in [0, 0.1) is 16.0 Å². The summed E-state index contributed by atoms with van der Waals surface area (Å²) in [7, 11) is 0. The third-order valence-electron chi connectivity index (χ3n) is 3.59. The predicted octanol–water partition coefficient (Wildman–Crippen LogP) is 2.89. The number of rotatable bonds is 5. The highest BCUT2D eigenvalue weighted by Gasteiger charge is 2.26. The highest BCUT2D eigenvalue weighted by atomic mass is 35.5. The molecule has 0 saturated heterocycles. The van der Waals surface area contributed by atoms with Gasteiger partial charge in [-0.1, -0.05) is 18.0 Å². The topological polar surface area (TPSA) is 78.4 Å². The van der Waals surface area contributed by atoms with Crippen molar-refractivity contribution in [3.63, 3.8) is 0 Å². The van der Waals surface area contributed by atoms with Crippen LogP contribution >= 0.6 is 11.6 Å². The Kier molecular flexibility index (Phi) is 4.74. The standard InChI is InChI=1S/C13H17ClN2O3/c14-12-6-11(16(17)18)5-4-10(12)8-19-13-3-1-2-9(13)7-15/h4-6,9,13H,1-3,7-8,15H2. The first-order valence-corrected chi connectivity index (χ1v) is 6.74. The molecule has 0 spiro atoms. The van der Waals surface area contributed by atoms with E-state index in [0.29, 0.717) is 24.1 Å². The molecular formula is C13H17ClN2O3. The van der Waals surface area contributed by atoms with Gasteiger partial charge in [-0.15, -0.1) is 0 Å². The Balaban J connectivity index is 1.98. The Morgan fingerprint density at radius 1 is 1.47 bits per heavy atom. The molecule has 0 radical (unpaired) electrons. The van der Waals surface area contributed by atoms with Crippen LogP contribution in [-0.2, 0) is 11.3 Å². The quantitative estimate of drug-likeness (QED) is 0.666. The number of nitro groups is 1.